The number of benzene rings is 2. The molecule has 1 fully saturated rings. The third kappa shape index (κ3) is 4.34. The number of alkyl halides is 3. The Balaban J connectivity index is 1.77. The van der Waals surface area contributed by atoms with E-state index in [9.17, 15) is 22.8 Å². The molecule has 1 N–H and O–H groups in total. The molecule has 1 heterocycles. The van der Waals surface area contributed by atoms with E-state index in [1.807, 2.05) is 0 Å². The highest BCUT2D eigenvalue weighted by atomic mass is 19.3. The summed E-state index contributed by atoms with van der Waals surface area (Å²) in [4.78, 5) is 23.8. The van der Waals surface area contributed by atoms with Crippen LogP contribution in [0.5, 0.6) is 17.2 Å². The molecule has 0 unspecified atom stereocenters. The van der Waals surface area contributed by atoms with Crippen molar-refractivity contribution in [2.24, 2.45) is 0 Å². The molecule has 0 saturated heterocycles. The van der Waals surface area contributed by atoms with Crippen molar-refractivity contribution in [1.82, 2.24) is 5.32 Å². The Kier molecular flexibility index (Phi) is 5.68. The molecular formula is C22H18F3NO6. The van der Waals surface area contributed by atoms with Gasteiger partial charge in [0.2, 0.25) is 0 Å². The zero-order valence-electron chi connectivity index (χ0n) is 17.0. The number of amides is 1. The van der Waals surface area contributed by atoms with E-state index in [1.165, 1.54) is 38.5 Å². The largest absolute Gasteiger partial charge is 0.496 e. The van der Waals surface area contributed by atoms with Crippen molar-refractivity contribution in [2.45, 2.75) is 32.2 Å². The second kappa shape index (κ2) is 8.45. The van der Waals surface area contributed by atoms with Gasteiger partial charge in [-0.1, -0.05) is 0 Å². The van der Waals surface area contributed by atoms with Gasteiger partial charge in [0, 0.05) is 30.4 Å². The Morgan fingerprint density at radius 1 is 1.19 bits per heavy atom. The van der Waals surface area contributed by atoms with Crippen molar-refractivity contribution in [1.29, 1.82) is 0 Å². The number of esters is 1. The Morgan fingerprint density at radius 3 is 2.53 bits per heavy atom. The molecule has 0 radical (unpaired) electrons. The van der Waals surface area contributed by atoms with Crippen molar-refractivity contribution < 1.29 is 41.4 Å². The van der Waals surface area contributed by atoms with Gasteiger partial charge in [-0.15, -0.1) is 0 Å². The first-order valence-corrected chi connectivity index (χ1v) is 9.58. The molecule has 1 saturated carbocycles. The van der Waals surface area contributed by atoms with Gasteiger partial charge in [0.1, 0.15) is 34.6 Å². The first-order chi connectivity index (χ1) is 15.3. The van der Waals surface area contributed by atoms with Crippen molar-refractivity contribution >= 4 is 22.8 Å². The number of furan rings is 1. The zero-order valence-corrected chi connectivity index (χ0v) is 17.0. The molecule has 4 rings (SSSR count). The minimum Gasteiger partial charge on any atom is -0.496 e. The average molecular weight is 449 g/mol. The summed E-state index contributed by atoms with van der Waals surface area (Å²) in [7, 11) is 1.27. The highest BCUT2D eigenvalue weighted by Crippen LogP contribution is 2.40. The second-order valence-electron chi connectivity index (χ2n) is 7.16. The van der Waals surface area contributed by atoms with Crippen LogP contribution in [-0.4, -0.2) is 37.8 Å². The molecule has 3 aromatic rings. The monoisotopic (exact) mass is 449 g/mol. The molecule has 2 atom stereocenters. The maximum absolute atomic E-state index is 13.2. The number of fused-ring (bicyclic) bond motifs is 1. The van der Waals surface area contributed by atoms with Gasteiger partial charge in [0.25, 0.3) is 5.91 Å². The van der Waals surface area contributed by atoms with Crippen molar-refractivity contribution in [2.75, 3.05) is 7.11 Å². The molecule has 2 aromatic carbocycles. The van der Waals surface area contributed by atoms with Gasteiger partial charge in [0.15, 0.2) is 0 Å². The topological polar surface area (TPSA) is 87.0 Å². The lowest BCUT2D eigenvalue weighted by molar-refractivity contribution is -0.131. The van der Waals surface area contributed by atoms with E-state index in [1.54, 1.807) is 12.1 Å². The normalized spacial score (nSPS) is 17.3. The molecule has 0 aliphatic heterocycles. The predicted molar refractivity (Wildman–Crippen MR) is 107 cm³/mol. The molecule has 1 aromatic heterocycles. The van der Waals surface area contributed by atoms with Crippen LogP contribution in [-0.2, 0) is 4.79 Å². The highest BCUT2D eigenvalue weighted by Gasteiger charge is 2.40. The minimum absolute atomic E-state index is 0.0300. The molecule has 168 valence electrons. The fourth-order valence-electron chi connectivity index (χ4n) is 3.33. The van der Waals surface area contributed by atoms with Gasteiger partial charge in [-0.05, 0) is 29.8 Å². The molecule has 1 aliphatic rings. The van der Waals surface area contributed by atoms with E-state index in [0.717, 1.165) is 0 Å². The smallest absolute Gasteiger partial charge is 0.387 e. The second-order valence-corrected chi connectivity index (χ2v) is 7.16. The van der Waals surface area contributed by atoms with E-state index in [4.69, 9.17) is 13.9 Å². The van der Waals surface area contributed by atoms with Gasteiger partial charge >= 0.3 is 12.6 Å². The van der Waals surface area contributed by atoms with E-state index in [2.05, 4.69) is 10.1 Å². The molecule has 1 aliphatic carbocycles. The highest BCUT2D eigenvalue weighted by molar-refractivity contribution is 6.02. The van der Waals surface area contributed by atoms with Gasteiger partial charge in [-0.3, -0.25) is 9.59 Å². The average Bonchev–Trinajstić information content (AvgIpc) is 3.24. The lowest BCUT2D eigenvalue weighted by Crippen LogP contribution is -2.28. The Labute approximate surface area is 180 Å². The molecule has 0 bridgehead atoms. The number of hydrogen-bond acceptors (Lipinski definition) is 6. The third-order valence-corrected chi connectivity index (χ3v) is 4.88. The van der Waals surface area contributed by atoms with Gasteiger partial charge in [0.05, 0.1) is 19.4 Å². The molecule has 0 spiro atoms. The van der Waals surface area contributed by atoms with Gasteiger partial charge < -0.3 is 23.9 Å². The maximum Gasteiger partial charge on any atom is 0.387 e. The van der Waals surface area contributed by atoms with Gasteiger partial charge in [-0.25, -0.2) is 4.39 Å². The van der Waals surface area contributed by atoms with E-state index in [0.29, 0.717) is 22.1 Å². The van der Waals surface area contributed by atoms with Crippen LogP contribution in [0.2, 0.25) is 0 Å². The summed E-state index contributed by atoms with van der Waals surface area (Å²) in [6.45, 7) is -1.94. The van der Waals surface area contributed by atoms with Crippen molar-refractivity contribution in [3.8, 4) is 28.4 Å². The summed E-state index contributed by atoms with van der Waals surface area (Å²) in [5.41, 5.74) is 1.01. The zero-order chi connectivity index (χ0) is 23.0. The first-order valence-electron chi connectivity index (χ1n) is 9.58. The Morgan fingerprint density at radius 2 is 1.91 bits per heavy atom. The summed E-state index contributed by atoms with van der Waals surface area (Å²) in [5.74, 6) is -1.44. The fraction of sp³-hybridized carbons (Fsp3) is 0.273. The van der Waals surface area contributed by atoms with E-state index >= 15 is 0 Å². The summed E-state index contributed by atoms with van der Waals surface area (Å²) in [6, 6.07) is 6.77. The first kappa shape index (κ1) is 21.5. The fourth-order valence-corrected chi connectivity index (χ4v) is 3.33. The quantitative estimate of drug-likeness (QED) is 0.423. The van der Waals surface area contributed by atoms with Crippen molar-refractivity contribution in [3.63, 3.8) is 0 Å². The van der Waals surface area contributed by atoms with E-state index < -0.39 is 36.5 Å². The summed E-state index contributed by atoms with van der Waals surface area (Å²) in [5, 5.41) is 3.03. The lowest BCUT2D eigenvalue weighted by atomic mass is 10.0. The standard InChI is InChI=1S/C22H18F3NO6/c1-10(27)31-12-3-4-13-14(9-30-17(13)7-12)11-5-18(29-2)20(19(6-11)32-22(24)25)21(28)26-16-8-15(16)23/h3-7,9,15-16,22H,8H2,1-2H3,(H,26,28)/t15-,16+/m0/s1. The lowest BCUT2D eigenvalue weighted by Gasteiger charge is -2.16. The number of halogens is 3. The number of nitrogens with one attached hydrogen (secondary N) is 1. The maximum atomic E-state index is 13.2. The molecule has 7 nitrogen and oxygen atoms in total. The third-order valence-electron chi connectivity index (χ3n) is 4.88. The minimum atomic E-state index is -3.20. The number of carbonyl (C=O) groups excluding carboxylic acids is 2. The number of carbonyl (C=O) groups is 2. The van der Waals surface area contributed by atoms with Crippen LogP contribution < -0.4 is 19.5 Å². The Bertz CT molecular complexity index is 1190. The molecule has 32 heavy (non-hydrogen) atoms. The van der Waals surface area contributed by atoms with Gasteiger partial charge in [-0.2, -0.15) is 8.78 Å². The molecule has 1 amide bonds. The summed E-state index contributed by atoms with van der Waals surface area (Å²) < 4.78 is 59.8. The van der Waals surface area contributed by atoms with Crippen LogP contribution in [0.4, 0.5) is 13.2 Å². The number of methoxy groups -OCH3 is 1. The summed E-state index contributed by atoms with van der Waals surface area (Å²) >= 11 is 0. The molecular weight excluding hydrogens is 431 g/mol. The Hall–Kier alpha value is -3.69. The number of ether oxygens (including phenoxy) is 3. The van der Waals surface area contributed by atoms with Crippen LogP contribution in [0.15, 0.2) is 41.0 Å². The van der Waals surface area contributed by atoms with Crippen LogP contribution in [0.1, 0.15) is 23.7 Å². The van der Waals surface area contributed by atoms with Crippen LogP contribution in [0, 0.1) is 0 Å². The number of rotatable bonds is 7. The van der Waals surface area contributed by atoms with Crippen molar-refractivity contribution in [3.05, 3.63) is 42.2 Å². The predicted octanol–water partition coefficient (Wildman–Crippen LogP) is 4.48. The van der Waals surface area contributed by atoms with E-state index in [-0.39, 0.29) is 23.5 Å². The summed E-state index contributed by atoms with van der Waals surface area (Å²) in [6.07, 6.45) is 0.381. The number of hydrogen-bond donors (Lipinski definition) is 1. The molecule has 10 heteroatoms. The van der Waals surface area contributed by atoms with Crippen LogP contribution in [0.3, 0.4) is 0 Å². The SMILES string of the molecule is COc1cc(-c2coc3cc(OC(C)=O)ccc23)cc(OC(F)F)c1C(=O)N[C@@H]1C[C@@H]1F. The van der Waals surface area contributed by atoms with Crippen LogP contribution >= 0.6 is 0 Å². The van der Waals surface area contributed by atoms with Crippen LogP contribution in [0.25, 0.3) is 22.1 Å².